The minimum Gasteiger partial charge on any atom is -0.362 e. The van der Waals surface area contributed by atoms with Gasteiger partial charge in [0.25, 0.3) is 0 Å². The lowest BCUT2D eigenvalue weighted by molar-refractivity contribution is 0.868. The van der Waals surface area contributed by atoms with Crippen LogP contribution in [0.3, 0.4) is 0 Å². The smallest absolute Gasteiger partial charge is 0.0488 e. The van der Waals surface area contributed by atoms with Crippen molar-refractivity contribution in [2.75, 3.05) is 5.32 Å². The van der Waals surface area contributed by atoms with Crippen molar-refractivity contribution in [2.24, 2.45) is 0 Å². The van der Waals surface area contributed by atoms with Crippen molar-refractivity contribution in [1.82, 2.24) is 0 Å². The molecule has 0 aliphatic heterocycles. The van der Waals surface area contributed by atoms with E-state index < -0.39 is 0 Å². The van der Waals surface area contributed by atoms with Crippen LogP contribution in [0.25, 0.3) is 6.08 Å². The first kappa shape index (κ1) is 10.6. The quantitative estimate of drug-likeness (QED) is 0.751. The molecule has 1 heteroatoms. The first-order chi connectivity index (χ1) is 6.70. The maximum absolute atomic E-state index is 3.80. The highest BCUT2D eigenvalue weighted by Crippen LogP contribution is 2.28. The third-order valence-corrected chi connectivity index (χ3v) is 2.22. The van der Waals surface area contributed by atoms with E-state index in [0.717, 1.165) is 11.3 Å². The molecule has 1 rings (SSSR count). The van der Waals surface area contributed by atoms with E-state index in [-0.39, 0.29) is 0 Å². The Labute approximate surface area is 86.2 Å². The SMILES string of the molecule is C=CNc1c(C=C)cccc1C(C)C. The normalized spacial score (nSPS) is 9.93. The second-order valence-corrected chi connectivity index (χ2v) is 3.52. The van der Waals surface area contributed by atoms with Gasteiger partial charge in [0.2, 0.25) is 0 Å². The summed E-state index contributed by atoms with van der Waals surface area (Å²) < 4.78 is 0. The summed E-state index contributed by atoms with van der Waals surface area (Å²) in [6.07, 6.45) is 3.56. The third-order valence-electron chi connectivity index (χ3n) is 2.22. The van der Waals surface area contributed by atoms with E-state index in [2.05, 4.69) is 44.5 Å². The summed E-state index contributed by atoms with van der Waals surface area (Å²) in [5, 5.41) is 3.17. The highest BCUT2D eigenvalue weighted by molar-refractivity contribution is 5.70. The average molecular weight is 187 g/mol. The van der Waals surface area contributed by atoms with Gasteiger partial charge in [0.1, 0.15) is 0 Å². The van der Waals surface area contributed by atoms with E-state index in [0.29, 0.717) is 5.92 Å². The molecular weight excluding hydrogens is 170 g/mol. The summed E-state index contributed by atoms with van der Waals surface area (Å²) in [4.78, 5) is 0. The summed E-state index contributed by atoms with van der Waals surface area (Å²) >= 11 is 0. The Morgan fingerprint density at radius 1 is 1.29 bits per heavy atom. The van der Waals surface area contributed by atoms with E-state index in [1.807, 2.05) is 12.1 Å². The third kappa shape index (κ3) is 2.05. The second-order valence-electron chi connectivity index (χ2n) is 3.52. The van der Waals surface area contributed by atoms with Gasteiger partial charge in [-0.2, -0.15) is 0 Å². The molecule has 0 spiro atoms. The monoisotopic (exact) mass is 187 g/mol. The lowest BCUT2D eigenvalue weighted by Crippen LogP contribution is -1.98. The van der Waals surface area contributed by atoms with Gasteiger partial charge in [0.15, 0.2) is 0 Å². The highest BCUT2D eigenvalue weighted by atomic mass is 14.8. The number of para-hydroxylation sites is 1. The molecule has 0 unspecified atom stereocenters. The van der Waals surface area contributed by atoms with E-state index in [9.17, 15) is 0 Å². The highest BCUT2D eigenvalue weighted by Gasteiger charge is 2.07. The van der Waals surface area contributed by atoms with Crippen LogP contribution in [-0.2, 0) is 0 Å². The molecule has 0 aliphatic carbocycles. The molecule has 0 aliphatic rings. The van der Waals surface area contributed by atoms with Gasteiger partial charge in [0, 0.05) is 5.69 Å². The predicted octanol–water partition coefficient (Wildman–Crippen LogP) is 4.01. The molecule has 1 nitrogen and oxygen atoms in total. The standard InChI is InChI=1S/C13H17N/c1-5-11-8-7-9-12(10(3)4)13(11)14-6-2/h5-10,14H,1-2H2,3-4H3. The molecule has 14 heavy (non-hydrogen) atoms. The van der Waals surface area contributed by atoms with Crippen molar-refractivity contribution in [3.8, 4) is 0 Å². The number of rotatable bonds is 4. The minimum atomic E-state index is 0.498. The zero-order chi connectivity index (χ0) is 10.6. The fraction of sp³-hybridized carbons (Fsp3) is 0.231. The molecule has 74 valence electrons. The minimum absolute atomic E-state index is 0.498. The molecule has 0 radical (unpaired) electrons. The van der Waals surface area contributed by atoms with Gasteiger partial charge in [-0.3, -0.25) is 0 Å². The maximum atomic E-state index is 3.80. The molecule has 0 amide bonds. The van der Waals surface area contributed by atoms with Gasteiger partial charge in [-0.15, -0.1) is 0 Å². The largest absolute Gasteiger partial charge is 0.362 e. The molecule has 0 fully saturated rings. The van der Waals surface area contributed by atoms with Gasteiger partial charge in [-0.1, -0.05) is 51.3 Å². The van der Waals surface area contributed by atoms with Crippen molar-refractivity contribution in [1.29, 1.82) is 0 Å². The number of anilines is 1. The van der Waals surface area contributed by atoms with E-state index in [1.165, 1.54) is 5.56 Å². The van der Waals surface area contributed by atoms with E-state index >= 15 is 0 Å². The molecule has 0 atom stereocenters. The van der Waals surface area contributed by atoms with Crippen LogP contribution in [0.5, 0.6) is 0 Å². The Kier molecular flexibility index (Phi) is 3.52. The number of hydrogen-bond acceptors (Lipinski definition) is 1. The molecule has 0 saturated carbocycles. The van der Waals surface area contributed by atoms with Gasteiger partial charge in [-0.05, 0) is 23.2 Å². The lowest BCUT2D eigenvalue weighted by atomic mass is 9.98. The number of benzene rings is 1. The van der Waals surface area contributed by atoms with Crippen LogP contribution in [0.2, 0.25) is 0 Å². The summed E-state index contributed by atoms with van der Waals surface area (Å²) in [5.74, 6) is 0.498. The molecule has 0 saturated heterocycles. The predicted molar refractivity (Wildman–Crippen MR) is 64.4 cm³/mol. The van der Waals surface area contributed by atoms with Crippen molar-refractivity contribution in [3.63, 3.8) is 0 Å². The molecular formula is C13H17N. The van der Waals surface area contributed by atoms with Gasteiger partial charge in [0.05, 0.1) is 0 Å². The number of hydrogen-bond donors (Lipinski definition) is 1. The average Bonchev–Trinajstić information content (AvgIpc) is 2.18. The fourth-order valence-electron chi connectivity index (χ4n) is 1.51. The number of nitrogens with one attached hydrogen (secondary N) is 1. The first-order valence-corrected chi connectivity index (χ1v) is 4.83. The Bertz CT molecular complexity index is 337. The lowest BCUT2D eigenvalue weighted by Gasteiger charge is -2.15. The van der Waals surface area contributed by atoms with Crippen LogP contribution in [0.1, 0.15) is 30.9 Å². The van der Waals surface area contributed by atoms with Crippen LogP contribution in [-0.4, -0.2) is 0 Å². The summed E-state index contributed by atoms with van der Waals surface area (Å²) in [6.45, 7) is 11.8. The topological polar surface area (TPSA) is 12.0 Å². The summed E-state index contributed by atoms with van der Waals surface area (Å²) in [6, 6.07) is 6.23. The zero-order valence-corrected chi connectivity index (χ0v) is 8.88. The molecule has 0 heterocycles. The van der Waals surface area contributed by atoms with Gasteiger partial charge >= 0.3 is 0 Å². The van der Waals surface area contributed by atoms with Gasteiger partial charge in [-0.25, -0.2) is 0 Å². The summed E-state index contributed by atoms with van der Waals surface area (Å²) in [5.41, 5.74) is 3.53. The Balaban J connectivity index is 3.26. The van der Waals surface area contributed by atoms with E-state index in [4.69, 9.17) is 0 Å². The van der Waals surface area contributed by atoms with Gasteiger partial charge < -0.3 is 5.32 Å². The zero-order valence-electron chi connectivity index (χ0n) is 8.88. The van der Waals surface area contributed by atoms with Crippen molar-refractivity contribution < 1.29 is 0 Å². The first-order valence-electron chi connectivity index (χ1n) is 4.83. The van der Waals surface area contributed by atoms with Crippen LogP contribution in [0.4, 0.5) is 5.69 Å². The van der Waals surface area contributed by atoms with Crippen LogP contribution >= 0.6 is 0 Å². The fourth-order valence-corrected chi connectivity index (χ4v) is 1.51. The van der Waals surface area contributed by atoms with E-state index in [1.54, 1.807) is 6.20 Å². The van der Waals surface area contributed by atoms with Crippen molar-refractivity contribution in [3.05, 3.63) is 48.7 Å². The molecule has 0 bridgehead atoms. The molecule has 0 aromatic heterocycles. The second kappa shape index (κ2) is 4.66. The Morgan fingerprint density at radius 3 is 2.50 bits per heavy atom. The summed E-state index contributed by atoms with van der Waals surface area (Å²) in [7, 11) is 0. The molecule has 1 aromatic carbocycles. The van der Waals surface area contributed by atoms with Crippen molar-refractivity contribution >= 4 is 11.8 Å². The Hall–Kier alpha value is -1.50. The maximum Gasteiger partial charge on any atom is 0.0488 e. The van der Waals surface area contributed by atoms with Crippen LogP contribution in [0, 0.1) is 0 Å². The van der Waals surface area contributed by atoms with Crippen LogP contribution < -0.4 is 5.32 Å². The molecule has 1 N–H and O–H groups in total. The van der Waals surface area contributed by atoms with Crippen LogP contribution in [0.15, 0.2) is 37.6 Å². The Morgan fingerprint density at radius 2 is 2.00 bits per heavy atom. The van der Waals surface area contributed by atoms with Crippen molar-refractivity contribution in [2.45, 2.75) is 19.8 Å². The molecule has 1 aromatic rings.